The molecule has 0 saturated carbocycles. The number of piperidine rings is 1. The zero-order valence-corrected chi connectivity index (χ0v) is 20.9. The number of carbonyl (C=O) groups is 2. The first-order chi connectivity index (χ1) is 16.9. The standard InChI is InChI=1S/C27H33N3O4S/c31-26(18-21-8-2-1-3-9-21)28-14-6-11-23(20-28)27(32)30-17-7-10-22-19-24(12-13-25(22)30)35(33,34)29-15-4-5-16-29/h1-3,8-9,12-13,19,23H,4-7,10-11,14-18,20H2. The number of amides is 2. The molecule has 2 amide bonds. The predicted molar refractivity (Wildman–Crippen MR) is 135 cm³/mol. The van der Waals surface area contributed by atoms with Gasteiger partial charge in [-0.25, -0.2) is 8.42 Å². The summed E-state index contributed by atoms with van der Waals surface area (Å²) in [6, 6.07) is 14.9. The molecule has 7 nitrogen and oxygen atoms in total. The molecule has 2 saturated heterocycles. The Morgan fingerprint density at radius 2 is 1.66 bits per heavy atom. The van der Waals surface area contributed by atoms with Crippen molar-refractivity contribution >= 4 is 27.5 Å². The van der Waals surface area contributed by atoms with Crippen molar-refractivity contribution in [3.63, 3.8) is 0 Å². The Kier molecular flexibility index (Phi) is 6.93. The van der Waals surface area contributed by atoms with Gasteiger partial charge < -0.3 is 9.80 Å². The minimum atomic E-state index is -3.49. The monoisotopic (exact) mass is 495 g/mol. The first kappa shape index (κ1) is 24.0. The normalized spacial score (nSPS) is 21.1. The van der Waals surface area contributed by atoms with E-state index in [-0.39, 0.29) is 17.7 Å². The summed E-state index contributed by atoms with van der Waals surface area (Å²) in [7, 11) is -3.49. The van der Waals surface area contributed by atoms with Crippen LogP contribution in [0.15, 0.2) is 53.4 Å². The summed E-state index contributed by atoms with van der Waals surface area (Å²) in [6.07, 6.45) is 5.29. The fraction of sp³-hybridized carbons (Fsp3) is 0.481. The Labute approximate surface area is 207 Å². The van der Waals surface area contributed by atoms with Gasteiger partial charge in [-0.3, -0.25) is 9.59 Å². The van der Waals surface area contributed by atoms with Gasteiger partial charge in [0.05, 0.1) is 17.2 Å². The summed E-state index contributed by atoms with van der Waals surface area (Å²) >= 11 is 0. The average Bonchev–Trinajstić information content (AvgIpc) is 3.44. The molecule has 0 aliphatic carbocycles. The molecule has 8 heteroatoms. The number of benzene rings is 2. The third-order valence-corrected chi connectivity index (χ3v) is 9.35. The van der Waals surface area contributed by atoms with Gasteiger partial charge >= 0.3 is 0 Å². The van der Waals surface area contributed by atoms with E-state index in [1.54, 1.807) is 22.5 Å². The first-order valence-electron chi connectivity index (χ1n) is 12.7. The lowest BCUT2D eigenvalue weighted by Crippen LogP contribution is -2.48. The summed E-state index contributed by atoms with van der Waals surface area (Å²) in [5, 5.41) is 0. The molecule has 0 aromatic heterocycles. The lowest BCUT2D eigenvalue weighted by atomic mass is 9.93. The van der Waals surface area contributed by atoms with Gasteiger partial charge in [-0.1, -0.05) is 30.3 Å². The highest BCUT2D eigenvalue weighted by atomic mass is 32.2. The summed E-state index contributed by atoms with van der Waals surface area (Å²) in [4.78, 5) is 30.5. The summed E-state index contributed by atoms with van der Waals surface area (Å²) < 4.78 is 27.6. The number of hydrogen-bond acceptors (Lipinski definition) is 4. The first-order valence-corrected chi connectivity index (χ1v) is 14.1. The van der Waals surface area contributed by atoms with Crippen molar-refractivity contribution in [2.75, 3.05) is 37.6 Å². The van der Waals surface area contributed by atoms with Crippen molar-refractivity contribution < 1.29 is 18.0 Å². The van der Waals surface area contributed by atoms with Gasteiger partial charge in [0.15, 0.2) is 0 Å². The van der Waals surface area contributed by atoms with E-state index in [0.717, 1.165) is 55.3 Å². The minimum Gasteiger partial charge on any atom is -0.342 e. The van der Waals surface area contributed by atoms with Gasteiger partial charge in [-0.05, 0) is 67.9 Å². The Hall–Kier alpha value is -2.71. The van der Waals surface area contributed by atoms with Crippen LogP contribution in [0.4, 0.5) is 5.69 Å². The van der Waals surface area contributed by atoms with E-state index in [0.29, 0.717) is 44.0 Å². The molecular weight excluding hydrogens is 462 g/mol. The Morgan fingerprint density at radius 1 is 0.886 bits per heavy atom. The molecule has 0 radical (unpaired) electrons. The molecule has 0 bridgehead atoms. The van der Waals surface area contributed by atoms with Crippen LogP contribution in [0, 0.1) is 5.92 Å². The van der Waals surface area contributed by atoms with Crippen LogP contribution in [0.5, 0.6) is 0 Å². The van der Waals surface area contributed by atoms with Crippen molar-refractivity contribution in [2.24, 2.45) is 5.92 Å². The number of nitrogens with zero attached hydrogens (tertiary/aromatic N) is 3. The topological polar surface area (TPSA) is 78.0 Å². The molecule has 2 aromatic carbocycles. The predicted octanol–water partition coefficient (Wildman–Crippen LogP) is 3.23. The van der Waals surface area contributed by atoms with Crippen molar-refractivity contribution in [1.82, 2.24) is 9.21 Å². The Bertz CT molecular complexity index is 1190. The highest BCUT2D eigenvalue weighted by Crippen LogP contribution is 2.33. The second-order valence-electron chi connectivity index (χ2n) is 9.84. The lowest BCUT2D eigenvalue weighted by Gasteiger charge is -2.37. The number of carbonyl (C=O) groups excluding carboxylic acids is 2. The molecule has 5 rings (SSSR count). The fourth-order valence-electron chi connectivity index (χ4n) is 5.55. The maximum absolute atomic E-state index is 13.6. The van der Waals surface area contributed by atoms with Gasteiger partial charge in [0, 0.05) is 38.4 Å². The molecule has 3 heterocycles. The van der Waals surface area contributed by atoms with Crippen LogP contribution in [0.3, 0.4) is 0 Å². The Balaban J connectivity index is 1.30. The van der Waals surface area contributed by atoms with E-state index < -0.39 is 10.0 Å². The van der Waals surface area contributed by atoms with Gasteiger partial charge in [-0.15, -0.1) is 0 Å². The van der Waals surface area contributed by atoms with E-state index in [1.165, 1.54) is 0 Å². The van der Waals surface area contributed by atoms with E-state index in [1.807, 2.05) is 40.1 Å². The molecule has 3 aliphatic heterocycles. The molecule has 3 aliphatic rings. The number of anilines is 1. The van der Waals surface area contributed by atoms with E-state index >= 15 is 0 Å². The number of hydrogen-bond donors (Lipinski definition) is 0. The lowest BCUT2D eigenvalue weighted by molar-refractivity contribution is -0.134. The fourth-order valence-corrected chi connectivity index (χ4v) is 7.12. The molecule has 0 N–H and O–H groups in total. The highest BCUT2D eigenvalue weighted by molar-refractivity contribution is 7.89. The van der Waals surface area contributed by atoms with Gasteiger partial charge in [0.1, 0.15) is 0 Å². The minimum absolute atomic E-state index is 0.0401. The molecule has 186 valence electrons. The van der Waals surface area contributed by atoms with E-state index in [2.05, 4.69) is 0 Å². The quantitative estimate of drug-likeness (QED) is 0.638. The van der Waals surface area contributed by atoms with E-state index in [9.17, 15) is 18.0 Å². The van der Waals surface area contributed by atoms with E-state index in [4.69, 9.17) is 0 Å². The largest absolute Gasteiger partial charge is 0.342 e. The molecular formula is C27H33N3O4S. The van der Waals surface area contributed by atoms with Crippen molar-refractivity contribution in [2.45, 2.75) is 49.8 Å². The number of aryl methyl sites for hydroxylation is 1. The highest BCUT2D eigenvalue weighted by Gasteiger charge is 2.34. The average molecular weight is 496 g/mol. The summed E-state index contributed by atoms with van der Waals surface area (Å²) in [5.74, 6) is -0.134. The summed E-state index contributed by atoms with van der Waals surface area (Å²) in [6.45, 7) is 2.90. The van der Waals surface area contributed by atoms with Gasteiger partial charge in [0.2, 0.25) is 21.8 Å². The maximum Gasteiger partial charge on any atom is 0.243 e. The molecule has 1 unspecified atom stereocenters. The molecule has 0 spiro atoms. The van der Waals surface area contributed by atoms with Crippen LogP contribution < -0.4 is 4.90 Å². The van der Waals surface area contributed by atoms with Crippen LogP contribution >= 0.6 is 0 Å². The molecule has 35 heavy (non-hydrogen) atoms. The van der Waals surface area contributed by atoms with Crippen LogP contribution in [0.25, 0.3) is 0 Å². The maximum atomic E-state index is 13.6. The second kappa shape index (κ2) is 10.1. The van der Waals surface area contributed by atoms with Crippen LogP contribution in [-0.2, 0) is 32.5 Å². The number of sulfonamides is 1. The van der Waals surface area contributed by atoms with Crippen molar-refractivity contribution in [3.05, 3.63) is 59.7 Å². The number of rotatable bonds is 5. The molecule has 2 aromatic rings. The summed E-state index contributed by atoms with van der Waals surface area (Å²) in [5.41, 5.74) is 2.71. The van der Waals surface area contributed by atoms with Crippen molar-refractivity contribution in [3.8, 4) is 0 Å². The number of fused-ring (bicyclic) bond motifs is 1. The third kappa shape index (κ3) is 5.00. The SMILES string of the molecule is O=C(Cc1ccccc1)N1CCCC(C(=O)N2CCCc3cc(S(=O)(=O)N4CCCC4)ccc32)C1. The molecule has 2 fully saturated rings. The van der Waals surface area contributed by atoms with Crippen LogP contribution in [0.1, 0.15) is 43.2 Å². The third-order valence-electron chi connectivity index (χ3n) is 7.46. The van der Waals surface area contributed by atoms with Crippen LogP contribution in [0.2, 0.25) is 0 Å². The zero-order chi connectivity index (χ0) is 24.4. The zero-order valence-electron chi connectivity index (χ0n) is 20.1. The van der Waals surface area contributed by atoms with Crippen molar-refractivity contribution in [1.29, 1.82) is 0 Å². The Morgan fingerprint density at radius 3 is 2.43 bits per heavy atom. The van der Waals surface area contributed by atoms with Crippen LogP contribution in [-0.4, -0.2) is 62.2 Å². The smallest absolute Gasteiger partial charge is 0.243 e. The second-order valence-corrected chi connectivity index (χ2v) is 11.8. The van der Waals surface area contributed by atoms with Gasteiger partial charge in [-0.2, -0.15) is 4.31 Å². The molecule has 1 atom stereocenters. The number of likely N-dealkylation sites (tertiary alicyclic amines) is 1. The van der Waals surface area contributed by atoms with Gasteiger partial charge in [0.25, 0.3) is 0 Å².